The van der Waals surface area contributed by atoms with E-state index in [1.165, 1.54) is 7.85 Å². The molecular formula is C12H17B3ClNO2. The van der Waals surface area contributed by atoms with E-state index in [4.69, 9.17) is 17.3 Å². The molecule has 3 nitrogen and oxygen atoms in total. The van der Waals surface area contributed by atoms with Crippen molar-refractivity contribution in [3.05, 3.63) is 34.9 Å². The molecule has 0 aromatic heterocycles. The lowest BCUT2D eigenvalue weighted by atomic mass is 9.36. The number of rotatable bonds is 1. The lowest BCUT2D eigenvalue weighted by Gasteiger charge is -2.51. The van der Waals surface area contributed by atoms with Crippen LogP contribution in [0.25, 0.3) is 0 Å². The van der Waals surface area contributed by atoms with Gasteiger partial charge in [0.05, 0.1) is 11.0 Å². The molecule has 0 radical (unpaired) electrons. The zero-order valence-corrected chi connectivity index (χ0v) is 12.3. The molecule has 2 unspecified atom stereocenters. The van der Waals surface area contributed by atoms with Crippen LogP contribution < -0.4 is 5.73 Å². The molecule has 0 aliphatic heterocycles. The number of hydrogen-bond acceptors (Lipinski definition) is 3. The third-order valence-electron chi connectivity index (χ3n) is 4.45. The highest BCUT2D eigenvalue weighted by molar-refractivity contribution is 6.45. The van der Waals surface area contributed by atoms with Crippen LogP contribution in [0.4, 0.5) is 0 Å². The molecule has 0 bridgehead atoms. The van der Waals surface area contributed by atoms with Gasteiger partial charge in [-0.25, -0.2) is 0 Å². The number of hydrogen-bond donors (Lipinski definition) is 2. The topological polar surface area (TPSA) is 63.3 Å². The molecule has 1 aromatic rings. The van der Waals surface area contributed by atoms with Crippen LogP contribution in [0.15, 0.2) is 24.3 Å². The molecule has 0 spiro atoms. The van der Waals surface area contributed by atoms with Gasteiger partial charge in [-0.2, -0.15) is 0 Å². The van der Waals surface area contributed by atoms with E-state index in [1.54, 1.807) is 18.2 Å². The van der Waals surface area contributed by atoms with Gasteiger partial charge in [-0.3, -0.25) is 4.79 Å². The van der Waals surface area contributed by atoms with Crippen molar-refractivity contribution < 1.29 is 9.90 Å². The van der Waals surface area contributed by atoms with Crippen LogP contribution in [0, 0.1) is 0 Å². The molecule has 0 saturated heterocycles. The average molecular weight is 275 g/mol. The predicted molar refractivity (Wildman–Crippen MR) is 84.8 cm³/mol. The van der Waals surface area contributed by atoms with E-state index in [2.05, 4.69) is 0 Å². The van der Waals surface area contributed by atoms with E-state index in [1.807, 2.05) is 21.8 Å². The summed E-state index contributed by atoms with van der Waals surface area (Å²) in [6.07, 6.45) is 1.08. The van der Waals surface area contributed by atoms with Crippen molar-refractivity contribution in [3.63, 3.8) is 0 Å². The third-order valence-corrected chi connectivity index (χ3v) is 4.78. The maximum atomic E-state index is 12.7. The van der Waals surface area contributed by atoms with Crippen molar-refractivity contribution in [2.24, 2.45) is 5.73 Å². The van der Waals surface area contributed by atoms with Gasteiger partial charge in [0.1, 0.15) is 15.7 Å². The lowest BCUT2D eigenvalue weighted by Crippen LogP contribution is -2.66. The van der Waals surface area contributed by atoms with Crippen LogP contribution in [0.2, 0.25) is 10.2 Å². The quantitative estimate of drug-likeness (QED) is 0.617. The molecule has 1 aliphatic carbocycles. The summed E-state index contributed by atoms with van der Waals surface area (Å²) in [7, 11) is 5.43. The molecule has 2 atom stereocenters. The summed E-state index contributed by atoms with van der Waals surface area (Å²) in [5.41, 5.74) is 4.40. The van der Waals surface area contributed by atoms with Crippen molar-refractivity contribution in [2.75, 3.05) is 0 Å². The van der Waals surface area contributed by atoms with Crippen molar-refractivity contribution in [1.29, 1.82) is 0 Å². The van der Waals surface area contributed by atoms with Crippen LogP contribution in [-0.4, -0.2) is 39.9 Å². The molecule has 1 saturated carbocycles. The maximum absolute atomic E-state index is 12.7. The normalized spacial score (nSPS) is 34.2. The Hall–Kier alpha value is -0.705. The summed E-state index contributed by atoms with van der Waals surface area (Å²) < 4.78 is 0. The molecule has 2 rings (SSSR count). The summed E-state index contributed by atoms with van der Waals surface area (Å²) in [4.78, 5) is 12.7. The zero-order chi connectivity index (χ0) is 14.5. The van der Waals surface area contributed by atoms with Gasteiger partial charge < -0.3 is 10.8 Å². The van der Waals surface area contributed by atoms with E-state index in [0.29, 0.717) is 23.4 Å². The Morgan fingerprint density at radius 3 is 2.37 bits per heavy atom. The first kappa shape index (κ1) is 14.7. The van der Waals surface area contributed by atoms with Crippen molar-refractivity contribution >= 4 is 40.9 Å². The largest absolute Gasteiger partial charge is 0.391 e. The fourth-order valence-corrected chi connectivity index (χ4v) is 3.15. The first-order chi connectivity index (χ1) is 8.63. The predicted octanol–water partition coefficient (Wildman–Crippen LogP) is -1.44. The van der Waals surface area contributed by atoms with E-state index in [0.717, 1.165) is 0 Å². The Balaban J connectivity index is 2.66. The van der Waals surface area contributed by atoms with Gasteiger partial charge in [0.15, 0.2) is 13.6 Å². The minimum atomic E-state index is -1.40. The van der Waals surface area contributed by atoms with Crippen LogP contribution in [-0.2, 0) is 10.3 Å². The summed E-state index contributed by atoms with van der Waals surface area (Å²) >= 11 is 6.22. The number of aliphatic hydroxyl groups is 1. The smallest absolute Gasteiger partial charge is 0.178 e. The number of carbonyl (C=O) groups excluding carboxylic acids is 1. The number of Topliss-reactive ketones (excluding diaryl/α,β-unsaturated/α-hetero) is 1. The summed E-state index contributed by atoms with van der Waals surface area (Å²) in [6.45, 7) is 0. The standard InChI is InChI=1S/C12H17B3ClNO2/c13-10(19)5-6-11(14,15)12(17,9(10)18)7-3-1-2-4-8(7)16/h1-4,19H,5-6,13-15,17H2. The third kappa shape index (κ3) is 2.06. The summed E-state index contributed by atoms with van der Waals surface area (Å²) in [5, 5.41) is 10.3. The van der Waals surface area contributed by atoms with Gasteiger partial charge in [-0.15, -0.1) is 0 Å². The number of nitrogens with two attached hydrogens (primary N) is 1. The second-order valence-corrected chi connectivity index (χ2v) is 6.68. The molecule has 19 heavy (non-hydrogen) atoms. The monoisotopic (exact) mass is 275 g/mol. The van der Waals surface area contributed by atoms with Crippen LogP contribution >= 0.6 is 11.6 Å². The molecule has 1 aromatic carbocycles. The second kappa shape index (κ2) is 4.40. The molecule has 0 heterocycles. The van der Waals surface area contributed by atoms with E-state index in [9.17, 15) is 9.90 Å². The van der Waals surface area contributed by atoms with Crippen molar-refractivity contribution in [1.82, 2.24) is 0 Å². The fourth-order valence-electron chi connectivity index (χ4n) is 2.87. The molecule has 3 N–H and O–H groups in total. The number of benzene rings is 1. The fraction of sp³-hybridized carbons (Fsp3) is 0.417. The highest BCUT2D eigenvalue weighted by Gasteiger charge is 2.58. The summed E-state index contributed by atoms with van der Waals surface area (Å²) in [6, 6.07) is 7.09. The van der Waals surface area contributed by atoms with Gasteiger partial charge in [0.25, 0.3) is 0 Å². The Bertz CT molecular complexity index is 535. The maximum Gasteiger partial charge on any atom is 0.178 e. The van der Waals surface area contributed by atoms with Gasteiger partial charge in [0, 0.05) is 5.02 Å². The molecule has 1 aliphatic rings. The summed E-state index contributed by atoms with van der Waals surface area (Å²) in [5.74, 6) is -0.357. The molecule has 0 amide bonds. The van der Waals surface area contributed by atoms with Crippen molar-refractivity contribution in [3.8, 4) is 0 Å². The van der Waals surface area contributed by atoms with E-state index < -0.39 is 16.3 Å². The van der Waals surface area contributed by atoms with Gasteiger partial charge in [-0.1, -0.05) is 41.4 Å². The first-order valence-electron chi connectivity index (χ1n) is 6.44. The van der Waals surface area contributed by atoms with Crippen LogP contribution in [0.1, 0.15) is 18.4 Å². The number of ketones is 1. The minimum absolute atomic E-state index is 0.357. The van der Waals surface area contributed by atoms with Gasteiger partial charge >= 0.3 is 0 Å². The van der Waals surface area contributed by atoms with Crippen LogP contribution in [0.5, 0.6) is 0 Å². The van der Waals surface area contributed by atoms with Gasteiger partial charge in [-0.05, 0) is 18.1 Å². The molecule has 98 valence electrons. The minimum Gasteiger partial charge on any atom is -0.391 e. The van der Waals surface area contributed by atoms with E-state index in [-0.39, 0.29) is 5.78 Å². The molecule has 7 heteroatoms. The van der Waals surface area contributed by atoms with Gasteiger partial charge in [0.2, 0.25) is 0 Å². The van der Waals surface area contributed by atoms with Crippen molar-refractivity contribution in [2.45, 2.75) is 29.1 Å². The van der Waals surface area contributed by atoms with Crippen LogP contribution in [0.3, 0.4) is 0 Å². The second-order valence-electron chi connectivity index (χ2n) is 6.27. The zero-order valence-electron chi connectivity index (χ0n) is 11.5. The SMILES string of the molecule is BC1(O)CCC(B)(B)C(N)(c2ccccc2Cl)C1=O. The highest BCUT2D eigenvalue weighted by Crippen LogP contribution is 2.51. The lowest BCUT2D eigenvalue weighted by molar-refractivity contribution is -0.140. The number of halogens is 1. The first-order valence-corrected chi connectivity index (χ1v) is 6.82. The molecular weight excluding hydrogens is 258 g/mol. The molecule has 1 fully saturated rings. The Morgan fingerprint density at radius 2 is 1.79 bits per heavy atom. The van der Waals surface area contributed by atoms with E-state index >= 15 is 0 Å². The average Bonchev–Trinajstić information content (AvgIpc) is 2.34. The Morgan fingerprint density at radius 1 is 1.21 bits per heavy atom. The Kier molecular flexibility index (Phi) is 3.41. The Labute approximate surface area is 121 Å². The highest BCUT2D eigenvalue weighted by atomic mass is 35.5. The number of carbonyl (C=O) groups is 1.